The molecule has 1 rings (SSSR count). The van der Waals surface area contributed by atoms with Crippen molar-refractivity contribution in [2.24, 2.45) is 0 Å². The summed E-state index contributed by atoms with van der Waals surface area (Å²) < 4.78 is 0. The van der Waals surface area contributed by atoms with Gasteiger partial charge in [0.1, 0.15) is 0 Å². The van der Waals surface area contributed by atoms with Crippen molar-refractivity contribution in [1.29, 1.82) is 0 Å². The molecule has 0 saturated carbocycles. The smallest absolute Gasteiger partial charge is 0.0279 e. The van der Waals surface area contributed by atoms with E-state index in [4.69, 9.17) is 0 Å². The highest BCUT2D eigenvalue weighted by atomic mass is 14.0. The Kier molecular flexibility index (Phi) is 10.4. The van der Waals surface area contributed by atoms with Crippen LogP contribution in [0, 0.1) is 0 Å². The summed E-state index contributed by atoms with van der Waals surface area (Å²) in [7, 11) is 0. The third-order valence-corrected chi connectivity index (χ3v) is 4.13. The minimum Gasteiger partial charge on any atom is -0.0654 e. The summed E-state index contributed by atoms with van der Waals surface area (Å²) in [6.45, 7) is 4.53. The number of rotatable bonds is 12. The van der Waals surface area contributed by atoms with E-state index in [1.807, 2.05) is 0 Å². The summed E-state index contributed by atoms with van der Waals surface area (Å²) in [6, 6.07) is 9.28. The maximum Gasteiger partial charge on any atom is -0.0279 e. The highest BCUT2D eigenvalue weighted by Gasteiger charge is 1.96. The van der Waals surface area contributed by atoms with E-state index in [0.29, 0.717) is 0 Å². The monoisotopic (exact) mass is 274 g/mol. The SMILES string of the molecule is CCCCCCCCCCCc1ccc(CCC)cc1. The van der Waals surface area contributed by atoms with Crippen molar-refractivity contribution in [2.75, 3.05) is 0 Å². The zero-order chi connectivity index (χ0) is 14.5. The normalized spacial score (nSPS) is 10.9. The van der Waals surface area contributed by atoms with Crippen molar-refractivity contribution < 1.29 is 0 Å². The lowest BCUT2D eigenvalue weighted by Gasteiger charge is -2.04. The molecule has 0 heterocycles. The first-order valence-corrected chi connectivity index (χ1v) is 8.94. The summed E-state index contributed by atoms with van der Waals surface area (Å²) in [5.41, 5.74) is 3.01. The molecule has 0 spiro atoms. The molecule has 0 aliphatic rings. The molecule has 0 heteroatoms. The van der Waals surface area contributed by atoms with Gasteiger partial charge in [0.05, 0.1) is 0 Å². The van der Waals surface area contributed by atoms with E-state index >= 15 is 0 Å². The zero-order valence-corrected chi connectivity index (χ0v) is 13.8. The van der Waals surface area contributed by atoms with Gasteiger partial charge in [0.2, 0.25) is 0 Å². The molecule has 1 aromatic rings. The van der Waals surface area contributed by atoms with Gasteiger partial charge in [0, 0.05) is 0 Å². The second-order valence-corrected chi connectivity index (χ2v) is 6.14. The average Bonchev–Trinajstić information content (AvgIpc) is 2.47. The van der Waals surface area contributed by atoms with Crippen LogP contribution in [0.4, 0.5) is 0 Å². The zero-order valence-electron chi connectivity index (χ0n) is 13.8. The van der Waals surface area contributed by atoms with Gasteiger partial charge in [-0.05, 0) is 30.4 Å². The molecular weight excluding hydrogens is 240 g/mol. The molecule has 0 radical (unpaired) electrons. The standard InChI is InChI=1S/C20H34/c1-3-5-6-7-8-9-10-11-12-14-20-17-15-19(13-4-2)16-18-20/h15-18H,3-14H2,1-2H3. The summed E-state index contributed by atoms with van der Waals surface area (Å²) in [4.78, 5) is 0. The minimum absolute atomic E-state index is 1.22. The van der Waals surface area contributed by atoms with Crippen LogP contribution in [0.15, 0.2) is 24.3 Å². The van der Waals surface area contributed by atoms with Gasteiger partial charge in [0.15, 0.2) is 0 Å². The Morgan fingerprint density at radius 1 is 0.500 bits per heavy atom. The molecule has 0 aromatic heterocycles. The molecule has 0 amide bonds. The largest absolute Gasteiger partial charge is 0.0654 e. The fourth-order valence-corrected chi connectivity index (χ4v) is 2.80. The van der Waals surface area contributed by atoms with Gasteiger partial charge in [-0.15, -0.1) is 0 Å². The second kappa shape index (κ2) is 12.0. The van der Waals surface area contributed by atoms with Gasteiger partial charge in [-0.3, -0.25) is 0 Å². The first-order valence-electron chi connectivity index (χ1n) is 8.94. The summed E-state index contributed by atoms with van der Waals surface area (Å²) in [6.07, 6.45) is 16.5. The molecule has 114 valence electrons. The molecule has 0 atom stereocenters. The molecule has 0 aliphatic heterocycles. The number of benzene rings is 1. The average molecular weight is 274 g/mol. The maximum atomic E-state index is 2.33. The van der Waals surface area contributed by atoms with Crippen molar-refractivity contribution in [3.63, 3.8) is 0 Å². The van der Waals surface area contributed by atoms with Crippen molar-refractivity contribution in [1.82, 2.24) is 0 Å². The number of hydrogen-bond acceptors (Lipinski definition) is 0. The third-order valence-electron chi connectivity index (χ3n) is 4.13. The van der Waals surface area contributed by atoms with E-state index in [2.05, 4.69) is 38.1 Å². The maximum absolute atomic E-state index is 2.33. The van der Waals surface area contributed by atoms with Crippen LogP contribution in [-0.2, 0) is 12.8 Å². The Hall–Kier alpha value is -0.780. The third kappa shape index (κ3) is 8.40. The lowest BCUT2D eigenvalue weighted by Crippen LogP contribution is -1.88. The lowest BCUT2D eigenvalue weighted by atomic mass is 10.0. The summed E-state index contributed by atoms with van der Waals surface area (Å²) in [5, 5.41) is 0. The Labute approximate surface area is 127 Å². The predicted octanol–water partition coefficient (Wildman–Crippen LogP) is 6.71. The fourth-order valence-electron chi connectivity index (χ4n) is 2.80. The summed E-state index contributed by atoms with van der Waals surface area (Å²) in [5.74, 6) is 0. The Balaban J connectivity index is 1.98. The number of unbranched alkanes of at least 4 members (excludes halogenated alkanes) is 8. The highest BCUT2D eigenvalue weighted by Crippen LogP contribution is 2.13. The van der Waals surface area contributed by atoms with Crippen LogP contribution < -0.4 is 0 Å². The van der Waals surface area contributed by atoms with Crippen molar-refractivity contribution in [2.45, 2.75) is 90.9 Å². The van der Waals surface area contributed by atoms with Crippen LogP contribution >= 0.6 is 0 Å². The molecule has 0 saturated heterocycles. The molecule has 0 aliphatic carbocycles. The van der Waals surface area contributed by atoms with Gasteiger partial charge in [-0.25, -0.2) is 0 Å². The second-order valence-electron chi connectivity index (χ2n) is 6.14. The van der Waals surface area contributed by atoms with Crippen LogP contribution in [0.3, 0.4) is 0 Å². The van der Waals surface area contributed by atoms with Crippen LogP contribution in [0.25, 0.3) is 0 Å². The lowest BCUT2D eigenvalue weighted by molar-refractivity contribution is 0.565. The number of aryl methyl sites for hydroxylation is 2. The molecule has 0 bridgehead atoms. The van der Waals surface area contributed by atoms with E-state index in [1.54, 1.807) is 0 Å². The van der Waals surface area contributed by atoms with Crippen LogP contribution in [0.1, 0.15) is 89.2 Å². The Bertz CT molecular complexity index is 309. The summed E-state index contributed by atoms with van der Waals surface area (Å²) >= 11 is 0. The van der Waals surface area contributed by atoms with E-state index in [9.17, 15) is 0 Å². The minimum atomic E-state index is 1.22. The van der Waals surface area contributed by atoms with Crippen LogP contribution in [0.2, 0.25) is 0 Å². The molecule has 0 N–H and O–H groups in total. The predicted molar refractivity (Wildman–Crippen MR) is 91.4 cm³/mol. The van der Waals surface area contributed by atoms with Gasteiger partial charge in [-0.2, -0.15) is 0 Å². The number of hydrogen-bond donors (Lipinski definition) is 0. The molecule has 0 nitrogen and oxygen atoms in total. The van der Waals surface area contributed by atoms with Gasteiger partial charge >= 0.3 is 0 Å². The van der Waals surface area contributed by atoms with Crippen molar-refractivity contribution >= 4 is 0 Å². The van der Waals surface area contributed by atoms with Crippen molar-refractivity contribution in [3.05, 3.63) is 35.4 Å². The van der Waals surface area contributed by atoms with E-state index in [-0.39, 0.29) is 0 Å². The van der Waals surface area contributed by atoms with Gasteiger partial charge in [-0.1, -0.05) is 95.9 Å². The van der Waals surface area contributed by atoms with Gasteiger partial charge in [0.25, 0.3) is 0 Å². The quantitative estimate of drug-likeness (QED) is 0.371. The fraction of sp³-hybridized carbons (Fsp3) is 0.700. The molecule has 1 aromatic carbocycles. The first-order chi connectivity index (χ1) is 9.86. The first kappa shape index (κ1) is 17.3. The van der Waals surface area contributed by atoms with Crippen molar-refractivity contribution in [3.8, 4) is 0 Å². The molecular formula is C20H34. The highest BCUT2D eigenvalue weighted by molar-refractivity contribution is 5.22. The Morgan fingerprint density at radius 2 is 0.950 bits per heavy atom. The van der Waals surface area contributed by atoms with Crippen LogP contribution in [0.5, 0.6) is 0 Å². The molecule has 0 fully saturated rings. The van der Waals surface area contributed by atoms with E-state index < -0.39 is 0 Å². The van der Waals surface area contributed by atoms with Crippen LogP contribution in [-0.4, -0.2) is 0 Å². The molecule has 0 unspecified atom stereocenters. The van der Waals surface area contributed by atoms with E-state index in [1.165, 1.54) is 88.2 Å². The molecule has 20 heavy (non-hydrogen) atoms. The van der Waals surface area contributed by atoms with E-state index in [0.717, 1.165) is 0 Å². The van der Waals surface area contributed by atoms with Gasteiger partial charge < -0.3 is 0 Å². The topological polar surface area (TPSA) is 0 Å². The Morgan fingerprint density at radius 3 is 1.45 bits per heavy atom.